The fourth-order valence-electron chi connectivity index (χ4n) is 3.31. The van der Waals surface area contributed by atoms with Crippen molar-refractivity contribution in [1.29, 1.82) is 0 Å². The van der Waals surface area contributed by atoms with Gasteiger partial charge in [0.05, 0.1) is 10.5 Å². The fourth-order valence-corrected chi connectivity index (χ4v) is 4.39. The predicted molar refractivity (Wildman–Crippen MR) is 115 cm³/mol. The normalized spacial score (nSPS) is 13.1. The minimum Gasteiger partial charge on any atom is -0.453 e. The van der Waals surface area contributed by atoms with Gasteiger partial charge in [0.2, 0.25) is 0 Å². The summed E-state index contributed by atoms with van der Waals surface area (Å²) >= 11 is 0. The number of sulfonamides is 1. The van der Waals surface area contributed by atoms with Crippen LogP contribution in [0.3, 0.4) is 0 Å². The van der Waals surface area contributed by atoms with Crippen LogP contribution in [0.4, 0.5) is 15.9 Å². The van der Waals surface area contributed by atoms with Crippen molar-refractivity contribution in [3.63, 3.8) is 0 Å². The number of carbonyl (C=O) groups excluding carboxylic acids is 1. The summed E-state index contributed by atoms with van der Waals surface area (Å²) in [6, 6.07) is 11.4. The Labute approximate surface area is 179 Å². The third-order valence-corrected chi connectivity index (χ3v) is 6.20. The topological polar surface area (TPSA) is 88.6 Å². The molecular formula is C22H20FN3O4S. The monoisotopic (exact) mass is 441 g/mol. The maximum atomic E-state index is 13.5. The second-order valence-corrected chi connectivity index (χ2v) is 8.79. The fraction of sp³-hybridized carbons (Fsp3) is 0.182. The second-order valence-electron chi connectivity index (χ2n) is 7.11. The lowest BCUT2D eigenvalue weighted by Gasteiger charge is -2.20. The molecule has 0 saturated carbocycles. The number of hydrogen-bond acceptors (Lipinski definition) is 5. The molecule has 1 N–H and O–H groups in total. The molecule has 0 radical (unpaired) electrons. The average molecular weight is 441 g/mol. The molecule has 0 saturated heterocycles. The van der Waals surface area contributed by atoms with Gasteiger partial charge in [0.15, 0.2) is 11.6 Å². The molecule has 1 aliphatic rings. The highest BCUT2D eigenvalue weighted by atomic mass is 32.2. The van der Waals surface area contributed by atoms with Gasteiger partial charge in [0.25, 0.3) is 15.9 Å². The Morgan fingerprint density at radius 1 is 1.13 bits per heavy atom. The number of aromatic nitrogens is 1. The third-order valence-electron chi connectivity index (χ3n) is 4.82. The van der Waals surface area contributed by atoms with E-state index in [1.54, 1.807) is 25.3 Å². The number of fused-ring (bicyclic) bond motifs is 2. The van der Waals surface area contributed by atoms with Crippen LogP contribution in [-0.2, 0) is 10.0 Å². The van der Waals surface area contributed by atoms with Crippen LogP contribution in [0.1, 0.15) is 29.3 Å². The summed E-state index contributed by atoms with van der Waals surface area (Å²) in [7, 11) is -4.02. The number of benzene rings is 2. The van der Waals surface area contributed by atoms with Gasteiger partial charge in [0.1, 0.15) is 11.6 Å². The number of halogens is 1. The van der Waals surface area contributed by atoms with Crippen LogP contribution in [-0.4, -0.2) is 25.9 Å². The first-order chi connectivity index (χ1) is 14.8. The molecule has 0 atom stereocenters. The molecule has 0 unspecified atom stereocenters. The number of ether oxygens (including phenoxy) is 1. The quantitative estimate of drug-likeness (QED) is 0.630. The number of anilines is 2. The van der Waals surface area contributed by atoms with Gasteiger partial charge in [-0.15, -0.1) is 0 Å². The molecule has 1 aliphatic heterocycles. The van der Waals surface area contributed by atoms with E-state index >= 15 is 0 Å². The first-order valence-electron chi connectivity index (χ1n) is 9.68. The van der Waals surface area contributed by atoms with E-state index in [9.17, 15) is 17.6 Å². The van der Waals surface area contributed by atoms with Crippen molar-refractivity contribution < 1.29 is 22.3 Å². The van der Waals surface area contributed by atoms with Crippen molar-refractivity contribution in [2.75, 3.05) is 16.2 Å². The first kappa shape index (κ1) is 20.8. The van der Waals surface area contributed by atoms with E-state index in [0.717, 1.165) is 0 Å². The van der Waals surface area contributed by atoms with E-state index in [4.69, 9.17) is 4.74 Å². The molecule has 160 valence electrons. The molecule has 4 rings (SSSR count). The lowest BCUT2D eigenvalue weighted by Crippen LogP contribution is -2.31. The Kier molecular flexibility index (Phi) is 5.36. The number of aryl methyl sites for hydroxylation is 1. The predicted octanol–water partition coefficient (Wildman–Crippen LogP) is 4.49. The minimum atomic E-state index is -4.02. The van der Waals surface area contributed by atoms with E-state index in [2.05, 4.69) is 9.71 Å². The molecule has 0 aliphatic carbocycles. The molecule has 9 heteroatoms. The Morgan fingerprint density at radius 3 is 2.68 bits per heavy atom. The van der Waals surface area contributed by atoms with Crippen LogP contribution in [0.25, 0.3) is 0 Å². The molecule has 7 nitrogen and oxygen atoms in total. The molecule has 0 bridgehead atoms. The second kappa shape index (κ2) is 7.99. The lowest BCUT2D eigenvalue weighted by molar-refractivity contribution is 0.0986. The summed E-state index contributed by atoms with van der Waals surface area (Å²) in [5.74, 6) is 0.215. The van der Waals surface area contributed by atoms with Gasteiger partial charge in [-0.25, -0.2) is 17.8 Å². The number of amides is 1. The van der Waals surface area contributed by atoms with E-state index in [1.165, 1.54) is 41.3 Å². The number of nitrogens with zero attached hydrogens (tertiary/aromatic N) is 2. The van der Waals surface area contributed by atoms with Crippen LogP contribution in [0, 0.1) is 12.7 Å². The van der Waals surface area contributed by atoms with Crippen molar-refractivity contribution >= 4 is 27.4 Å². The molecule has 1 aromatic heterocycles. The van der Waals surface area contributed by atoms with Gasteiger partial charge in [-0.3, -0.25) is 14.4 Å². The van der Waals surface area contributed by atoms with Crippen molar-refractivity contribution in [2.45, 2.75) is 25.2 Å². The molecule has 0 fully saturated rings. The largest absolute Gasteiger partial charge is 0.453 e. The molecule has 31 heavy (non-hydrogen) atoms. The van der Waals surface area contributed by atoms with Crippen molar-refractivity contribution in [1.82, 2.24) is 4.98 Å². The first-order valence-corrected chi connectivity index (χ1v) is 11.2. The summed E-state index contributed by atoms with van der Waals surface area (Å²) in [5, 5.41) is 0. The molecule has 2 heterocycles. The summed E-state index contributed by atoms with van der Waals surface area (Å²) in [5.41, 5.74) is 0.649. The Hall–Kier alpha value is -3.46. The summed E-state index contributed by atoms with van der Waals surface area (Å²) < 4.78 is 47.6. The number of hydrogen-bond donors (Lipinski definition) is 1. The van der Waals surface area contributed by atoms with Crippen LogP contribution in [0.2, 0.25) is 0 Å². The van der Waals surface area contributed by atoms with Gasteiger partial charge in [0, 0.05) is 18.4 Å². The molecule has 0 spiro atoms. The number of carbonyl (C=O) groups is 1. The van der Waals surface area contributed by atoms with Crippen LogP contribution in [0.5, 0.6) is 11.5 Å². The summed E-state index contributed by atoms with van der Waals surface area (Å²) in [6.45, 7) is 3.87. The summed E-state index contributed by atoms with van der Waals surface area (Å²) in [6.07, 6.45) is 2.25. The van der Waals surface area contributed by atoms with E-state index in [1.807, 2.05) is 6.92 Å². The average Bonchev–Trinajstić information content (AvgIpc) is 2.85. The highest BCUT2D eigenvalue weighted by molar-refractivity contribution is 7.92. The van der Waals surface area contributed by atoms with Crippen LogP contribution >= 0.6 is 0 Å². The Bertz CT molecular complexity index is 1280. The van der Waals surface area contributed by atoms with Crippen LogP contribution < -0.4 is 14.4 Å². The minimum absolute atomic E-state index is 0.111. The number of pyridine rings is 1. The smallest absolute Gasteiger partial charge is 0.263 e. The van der Waals surface area contributed by atoms with E-state index in [0.29, 0.717) is 30.1 Å². The maximum Gasteiger partial charge on any atom is 0.263 e. The van der Waals surface area contributed by atoms with Crippen molar-refractivity contribution in [2.24, 2.45) is 0 Å². The van der Waals surface area contributed by atoms with E-state index < -0.39 is 21.7 Å². The molecule has 3 aromatic rings. The Morgan fingerprint density at radius 2 is 1.94 bits per heavy atom. The highest BCUT2D eigenvalue weighted by Gasteiger charge is 2.30. The maximum absolute atomic E-state index is 13.5. The highest BCUT2D eigenvalue weighted by Crippen LogP contribution is 2.38. The van der Waals surface area contributed by atoms with Crippen molar-refractivity contribution in [3.05, 3.63) is 71.7 Å². The SMILES string of the molecule is CCCN1C(=O)c2cc(S(=O)(=O)Nc3ccc(F)c(C)c3)ccc2Oc2cccnc21. The Balaban J connectivity index is 1.74. The summed E-state index contributed by atoms with van der Waals surface area (Å²) in [4.78, 5) is 18.9. The van der Waals surface area contributed by atoms with Gasteiger partial charge < -0.3 is 4.74 Å². The standard InChI is InChI=1S/C22H20FN3O4S/c1-3-11-26-21-20(5-4-10-24-21)30-19-9-7-16(13-17(19)22(26)27)31(28,29)25-15-6-8-18(23)14(2)12-15/h4-10,12-13,25H,3,11H2,1-2H3. The molecule has 2 aromatic carbocycles. The lowest BCUT2D eigenvalue weighted by atomic mass is 10.1. The zero-order valence-electron chi connectivity index (χ0n) is 16.9. The van der Waals surface area contributed by atoms with Gasteiger partial charge in [-0.2, -0.15) is 0 Å². The molecule has 1 amide bonds. The van der Waals surface area contributed by atoms with Gasteiger partial charge >= 0.3 is 0 Å². The third kappa shape index (κ3) is 3.96. The van der Waals surface area contributed by atoms with Crippen molar-refractivity contribution in [3.8, 4) is 11.5 Å². The number of rotatable bonds is 5. The van der Waals surface area contributed by atoms with E-state index in [-0.39, 0.29) is 21.9 Å². The van der Waals surface area contributed by atoms with Gasteiger partial charge in [-0.1, -0.05) is 6.92 Å². The zero-order valence-corrected chi connectivity index (χ0v) is 17.7. The molecular weight excluding hydrogens is 421 g/mol. The zero-order chi connectivity index (χ0) is 22.2. The van der Waals surface area contributed by atoms with Crippen LogP contribution in [0.15, 0.2) is 59.6 Å². The number of nitrogens with one attached hydrogen (secondary N) is 1. The van der Waals surface area contributed by atoms with Gasteiger partial charge in [-0.05, 0) is 67.4 Å².